The number of aromatic nitrogens is 2. The maximum Gasteiger partial charge on any atom is 0.174 e. The summed E-state index contributed by atoms with van der Waals surface area (Å²) in [6, 6.07) is 18.6. The number of hydrogen-bond acceptors (Lipinski definition) is 4. The lowest BCUT2D eigenvalue weighted by atomic mass is 10.0. The summed E-state index contributed by atoms with van der Waals surface area (Å²) in [7, 11) is 0. The first kappa shape index (κ1) is 11.4. The van der Waals surface area contributed by atoms with E-state index in [0.717, 1.165) is 11.4 Å². The molecule has 0 atom stereocenters. The van der Waals surface area contributed by atoms with Crippen LogP contribution in [0.1, 0.15) is 0 Å². The summed E-state index contributed by atoms with van der Waals surface area (Å²) in [6.45, 7) is 0. The Hall–Kier alpha value is -1.65. The van der Waals surface area contributed by atoms with Crippen molar-refractivity contribution in [3.05, 3.63) is 54.6 Å². The molecule has 2 aromatic carbocycles. The average molecular weight is 270 g/mol. The first-order valence-electron chi connectivity index (χ1n) is 5.51. The van der Waals surface area contributed by atoms with Crippen LogP contribution in [0.2, 0.25) is 0 Å². The van der Waals surface area contributed by atoms with Crippen LogP contribution in [0.25, 0.3) is 22.5 Å². The van der Waals surface area contributed by atoms with Gasteiger partial charge in [-0.15, -0.1) is 12.6 Å². The first-order valence-corrected chi connectivity index (χ1v) is 6.73. The van der Waals surface area contributed by atoms with Gasteiger partial charge in [0.1, 0.15) is 0 Å². The van der Waals surface area contributed by atoms with Crippen molar-refractivity contribution in [3.63, 3.8) is 0 Å². The summed E-state index contributed by atoms with van der Waals surface area (Å²) in [4.78, 5) is 4.25. The highest BCUT2D eigenvalue weighted by atomic mass is 32.2. The lowest BCUT2D eigenvalue weighted by Gasteiger charge is -2.02. The summed E-state index contributed by atoms with van der Waals surface area (Å²) in [5.41, 5.74) is 3.43. The van der Waals surface area contributed by atoms with Crippen LogP contribution < -0.4 is 0 Å². The molecule has 0 radical (unpaired) electrons. The van der Waals surface area contributed by atoms with Gasteiger partial charge in [0.2, 0.25) is 0 Å². The van der Waals surface area contributed by atoms with Crippen molar-refractivity contribution in [1.29, 1.82) is 0 Å². The van der Waals surface area contributed by atoms with Crippen molar-refractivity contribution in [2.24, 2.45) is 0 Å². The maximum absolute atomic E-state index is 4.25. The highest BCUT2D eigenvalue weighted by molar-refractivity contribution is 7.82. The Morgan fingerprint density at radius 1 is 0.778 bits per heavy atom. The highest BCUT2D eigenvalue weighted by Crippen LogP contribution is 2.24. The van der Waals surface area contributed by atoms with Crippen molar-refractivity contribution >= 4 is 24.2 Å². The Morgan fingerprint density at radius 2 is 1.39 bits per heavy atom. The molecule has 0 unspecified atom stereocenters. The van der Waals surface area contributed by atoms with Crippen molar-refractivity contribution in [1.82, 2.24) is 9.36 Å². The first-order chi connectivity index (χ1) is 8.83. The molecule has 0 aliphatic rings. The van der Waals surface area contributed by atoms with Crippen molar-refractivity contribution in [3.8, 4) is 22.5 Å². The molecule has 3 rings (SSSR count). The minimum atomic E-state index is 0.692. The summed E-state index contributed by atoms with van der Waals surface area (Å²) in [5.74, 6) is 0.740. The molecular formula is C14H10N2S2. The Labute approximate surface area is 115 Å². The smallest absolute Gasteiger partial charge is 0.174 e. The van der Waals surface area contributed by atoms with Gasteiger partial charge >= 0.3 is 0 Å². The fourth-order valence-corrected chi connectivity index (χ4v) is 2.43. The molecule has 18 heavy (non-hydrogen) atoms. The van der Waals surface area contributed by atoms with E-state index in [1.165, 1.54) is 22.7 Å². The molecule has 4 heteroatoms. The maximum atomic E-state index is 4.25. The predicted molar refractivity (Wildman–Crippen MR) is 78.0 cm³/mol. The molecule has 0 bridgehead atoms. The van der Waals surface area contributed by atoms with E-state index in [1.54, 1.807) is 0 Å². The number of hydrogen-bond donors (Lipinski definition) is 1. The van der Waals surface area contributed by atoms with Crippen molar-refractivity contribution < 1.29 is 0 Å². The van der Waals surface area contributed by atoms with Gasteiger partial charge in [-0.05, 0) is 22.7 Å². The number of nitrogens with zero attached hydrogens (tertiary/aromatic N) is 2. The van der Waals surface area contributed by atoms with Crippen molar-refractivity contribution in [2.45, 2.75) is 4.34 Å². The second-order valence-corrected chi connectivity index (χ2v) is 5.32. The largest absolute Gasteiger partial charge is 0.208 e. The van der Waals surface area contributed by atoms with Gasteiger partial charge in [0.25, 0.3) is 0 Å². The van der Waals surface area contributed by atoms with E-state index in [0.29, 0.717) is 4.34 Å². The van der Waals surface area contributed by atoms with E-state index in [2.05, 4.69) is 46.3 Å². The normalized spacial score (nSPS) is 10.5. The van der Waals surface area contributed by atoms with E-state index < -0.39 is 0 Å². The van der Waals surface area contributed by atoms with E-state index in [-0.39, 0.29) is 0 Å². The molecule has 2 nitrogen and oxygen atoms in total. The fourth-order valence-electron chi connectivity index (χ4n) is 1.78. The van der Waals surface area contributed by atoms with E-state index >= 15 is 0 Å². The topological polar surface area (TPSA) is 25.8 Å². The van der Waals surface area contributed by atoms with Crippen LogP contribution in [0.3, 0.4) is 0 Å². The molecule has 0 fully saturated rings. The lowest BCUT2D eigenvalue weighted by Crippen LogP contribution is -1.81. The molecule has 1 aromatic heterocycles. The molecule has 0 N–H and O–H groups in total. The quantitative estimate of drug-likeness (QED) is 0.707. The molecule has 0 spiro atoms. The van der Waals surface area contributed by atoms with Crippen LogP contribution in [0, 0.1) is 0 Å². The minimum Gasteiger partial charge on any atom is -0.208 e. The van der Waals surface area contributed by atoms with Crippen LogP contribution in [0.15, 0.2) is 58.9 Å². The van der Waals surface area contributed by atoms with E-state index in [4.69, 9.17) is 0 Å². The molecule has 0 saturated carbocycles. The monoisotopic (exact) mass is 270 g/mol. The molecule has 3 aromatic rings. The number of benzene rings is 2. The lowest BCUT2D eigenvalue weighted by molar-refractivity contribution is 1.23. The van der Waals surface area contributed by atoms with Crippen LogP contribution in [0.4, 0.5) is 0 Å². The van der Waals surface area contributed by atoms with Gasteiger partial charge in [-0.3, -0.25) is 0 Å². The standard InChI is InChI=1S/C14H10N2S2/c17-14-15-13(16-18-14)12-8-6-11(7-9-12)10-4-2-1-3-5-10/h1-9H,(H,15,16,17). The minimum absolute atomic E-state index is 0.692. The second kappa shape index (κ2) is 4.92. The van der Waals surface area contributed by atoms with Gasteiger partial charge in [0.15, 0.2) is 10.2 Å². The molecule has 0 saturated heterocycles. The average Bonchev–Trinajstić information content (AvgIpc) is 2.87. The van der Waals surface area contributed by atoms with E-state index in [9.17, 15) is 0 Å². The molecule has 0 amide bonds. The van der Waals surface area contributed by atoms with Gasteiger partial charge in [-0.25, -0.2) is 4.98 Å². The summed E-state index contributed by atoms with van der Waals surface area (Å²) < 4.78 is 4.93. The van der Waals surface area contributed by atoms with Gasteiger partial charge < -0.3 is 0 Å². The third kappa shape index (κ3) is 2.30. The predicted octanol–water partition coefficient (Wildman–Crippen LogP) is 4.16. The molecule has 1 heterocycles. The zero-order valence-corrected chi connectivity index (χ0v) is 11.2. The SMILES string of the molecule is Sc1nc(-c2ccc(-c3ccccc3)cc2)ns1. The van der Waals surface area contributed by atoms with E-state index in [1.807, 2.05) is 30.3 Å². The van der Waals surface area contributed by atoms with Crippen LogP contribution in [-0.4, -0.2) is 9.36 Å². The van der Waals surface area contributed by atoms with Gasteiger partial charge in [0, 0.05) is 5.56 Å². The Kier molecular flexibility index (Phi) is 3.13. The van der Waals surface area contributed by atoms with Crippen LogP contribution >= 0.6 is 24.2 Å². The Balaban J connectivity index is 1.94. The number of thiol groups is 1. The highest BCUT2D eigenvalue weighted by Gasteiger charge is 2.04. The molecular weight excluding hydrogens is 260 g/mol. The molecule has 0 aliphatic carbocycles. The van der Waals surface area contributed by atoms with Crippen LogP contribution in [-0.2, 0) is 0 Å². The third-order valence-corrected chi connectivity index (χ3v) is 3.53. The zero-order chi connectivity index (χ0) is 12.4. The Morgan fingerprint density at radius 3 is 2.00 bits per heavy atom. The third-order valence-electron chi connectivity index (χ3n) is 2.67. The molecule has 0 aliphatic heterocycles. The van der Waals surface area contributed by atoms with Gasteiger partial charge in [0.05, 0.1) is 0 Å². The van der Waals surface area contributed by atoms with Gasteiger partial charge in [-0.1, -0.05) is 54.6 Å². The summed E-state index contributed by atoms with van der Waals surface area (Å²) in [6.07, 6.45) is 0. The number of rotatable bonds is 2. The summed E-state index contributed by atoms with van der Waals surface area (Å²) >= 11 is 5.48. The summed E-state index contributed by atoms with van der Waals surface area (Å²) in [5, 5.41) is 0. The van der Waals surface area contributed by atoms with Gasteiger partial charge in [-0.2, -0.15) is 4.37 Å². The van der Waals surface area contributed by atoms with Crippen LogP contribution in [0.5, 0.6) is 0 Å². The fraction of sp³-hybridized carbons (Fsp3) is 0. The Bertz CT molecular complexity index is 645. The van der Waals surface area contributed by atoms with Crippen molar-refractivity contribution in [2.75, 3.05) is 0 Å². The second-order valence-electron chi connectivity index (χ2n) is 3.84. The zero-order valence-electron chi connectivity index (χ0n) is 9.45. The molecule has 88 valence electrons.